The molecular formula is C39H51FN2O. The molecule has 1 atom stereocenters. The predicted molar refractivity (Wildman–Crippen MR) is 177 cm³/mol. The van der Waals surface area contributed by atoms with Crippen molar-refractivity contribution in [2.45, 2.75) is 109 Å². The van der Waals surface area contributed by atoms with Gasteiger partial charge in [-0.1, -0.05) is 114 Å². The Kier molecular flexibility index (Phi) is 13.2. The quantitative estimate of drug-likeness (QED) is 0.111. The van der Waals surface area contributed by atoms with Gasteiger partial charge in [-0.05, 0) is 92.3 Å². The van der Waals surface area contributed by atoms with Crippen molar-refractivity contribution in [3.8, 4) is 6.07 Å². The molecule has 3 aromatic carbocycles. The highest BCUT2D eigenvalue weighted by Crippen LogP contribution is 2.39. The van der Waals surface area contributed by atoms with E-state index >= 15 is 0 Å². The molecule has 3 nitrogen and oxygen atoms in total. The molecule has 1 unspecified atom stereocenters. The van der Waals surface area contributed by atoms with Crippen LogP contribution in [0.4, 0.5) is 4.39 Å². The minimum atomic E-state index is -0.488. The molecule has 1 heterocycles. The number of carbonyl (C=O) groups excluding carboxylic acids is 1. The van der Waals surface area contributed by atoms with Crippen LogP contribution in [0, 0.1) is 23.1 Å². The summed E-state index contributed by atoms with van der Waals surface area (Å²) in [6, 6.07) is 23.7. The van der Waals surface area contributed by atoms with Crippen LogP contribution in [0.25, 0.3) is 10.8 Å². The van der Waals surface area contributed by atoms with Crippen molar-refractivity contribution in [1.29, 1.82) is 5.26 Å². The molecule has 0 spiro atoms. The van der Waals surface area contributed by atoms with E-state index in [0.29, 0.717) is 5.56 Å². The Hall–Kier alpha value is -3.03. The lowest BCUT2D eigenvalue weighted by Gasteiger charge is -2.33. The van der Waals surface area contributed by atoms with Crippen LogP contribution in [0.5, 0.6) is 0 Å². The van der Waals surface area contributed by atoms with E-state index in [-0.39, 0.29) is 17.5 Å². The number of carbonyl (C=O) groups is 1. The van der Waals surface area contributed by atoms with E-state index in [0.717, 1.165) is 58.2 Å². The standard InChI is InChI=1S/C39H51FN2O/c1-2-3-4-5-6-7-8-9-10-13-26-39(31-41,37-19-14-17-32-16-11-12-18-36(32)37)27-15-28-42-29-24-34(25-30-42)38(43)33-20-22-35(40)23-21-33/h11-12,14,16-23,34H,2-10,13,15,24-30H2,1H3. The maximum Gasteiger partial charge on any atom is 0.166 e. The molecule has 1 aliphatic rings. The molecule has 43 heavy (non-hydrogen) atoms. The van der Waals surface area contributed by atoms with Crippen molar-refractivity contribution in [1.82, 2.24) is 4.90 Å². The van der Waals surface area contributed by atoms with Crippen molar-refractivity contribution in [3.05, 3.63) is 83.7 Å². The third-order valence-corrected chi connectivity index (χ3v) is 9.64. The molecule has 0 aliphatic carbocycles. The topological polar surface area (TPSA) is 44.1 Å². The third kappa shape index (κ3) is 9.48. The normalized spacial score (nSPS) is 15.7. The number of fused-ring (bicyclic) bond motifs is 1. The minimum absolute atomic E-state index is 0.00642. The van der Waals surface area contributed by atoms with Gasteiger partial charge in [-0.3, -0.25) is 4.79 Å². The first-order valence-corrected chi connectivity index (χ1v) is 17.0. The summed E-state index contributed by atoms with van der Waals surface area (Å²) >= 11 is 0. The smallest absolute Gasteiger partial charge is 0.166 e. The number of nitrogens with zero attached hydrogens (tertiary/aromatic N) is 2. The molecule has 1 fully saturated rings. The molecule has 0 amide bonds. The van der Waals surface area contributed by atoms with Crippen LogP contribution in [-0.4, -0.2) is 30.3 Å². The lowest BCUT2D eigenvalue weighted by molar-refractivity contribution is 0.0838. The first kappa shape index (κ1) is 32.9. The van der Waals surface area contributed by atoms with E-state index < -0.39 is 5.41 Å². The summed E-state index contributed by atoms with van der Waals surface area (Å²) in [6.45, 7) is 5.00. The number of hydrogen-bond donors (Lipinski definition) is 0. The molecule has 0 radical (unpaired) electrons. The van der Waals surface area contributed by atoms with Crippen molar-refractivity contribution in [2.75, 3.05) is 19.6 Å². The fraction of sp³-hybridized carbons (Fsp3) is 0.538. The number of Topliss-reactive ketones (excluding diaryl/α,β-unsaturated/α-hetero) is 1. The van der Waals surface area contributed by atoms with Gasteiger partial charge in [0.2, 0.25) is 0 Å². The van der Waals surface area contributed by atoms with Gasteiger partial charge in [-0.2, -0.15) is 5.26 Å². The second-order valence-corrected chi connectivity index (χ2v) is 12.7. The largest absolute Gasteiger partial charge is 0.303 e. The zero-order valence-corrected chi connectivity index (χ0v) is 26.3. The second kappa shape index (κ2) is 17.3. The Bertz CT molecular complexity index is 1300. The van der Waals surface area contributed by atoms with E-state index in [1.165, 1.54) is 86.3 Å². The van der Waals surface area contributed by atoms with Crippen LogP contribution in [0.2, 0.25) is 0 Å². The van der Waals surface area contributed by atoms with Gasteiger partial charge in [0, 0.05) is 11.5 Å². The van der Waals surface area contributed by atoms with Crippen LogP contribution in [0.15, 0.2) is 66.7 Å². The first-order chi connectivity index (χ1) is 21.1. The molecule has 230 valence electrons. The Morgan fingerprint density at radius 1 is 0.814 bits per heavy atom. The fourth-order valence-electron chi connectivity index (χ4n) is 7.00. The number of halogens is 1. The summed E-state index contributed by atoms with van der Waals surface area (Å²) in [6.07, 6.45) is 17.3. The number of benzene rings is 3. The minimum Gasteiger partial charge on any atom is -0.303 e. The van der Waals surface area contributed by atoms with Gasteiger partial charge in [0.1, 0.15) is 5.82 Å². The number of ketones is 1. The van der Waals surface area contributed by atoms with Gasteiger partial charge in [-0.15, -0.1) is 0 Å². The number of likely N-dealkylation sites (tertiary alicyclic amines) is 1. The zero-order valence-electron chi connectivity index (χ0n) is 26.3. The summed E-state index contributed by atoms with van der Waals surface area (Å²) in [4.78, 5) is 15.4. The third-order valence-electron chi connectivity index (χ3n) is 9.64. The number of unbranched alkanes of at least 4 members (excludes halogenated alkanes) is 9. The molecule has 0 aromatic heterocycles. The van der Waals surface area contributed by atoms with Crippen LogP contribution in [-0.2, 0) is 5.41 Å². The van der Waals surface area contributed by atoms with Crippen molar-refractivity contribution in [3.63, 3.8) is 0 Å². The molecule has 0 N–H and O–H groups in total. The van der Waals surface area contributed by atoms with Crippen molar-refractivity contribution < 1.29 is 9.18 Å². The van der Waals surface area contributed by atoms with Crippen LogP contribution in [0.3, 0.4) is 0 Å². The SMILES string of the molecule is CCCCCCCCCCCCC(C#N)(CCCN1CCC(C(=O)c2ccc(F)cc2)CC1)c1cccc2ccccc12. The van der Waals surface area contributed by atoms with Crippen LogP contribution >= 0.6 is 0 Å². The van der Waals surface area contributed by atoms with Gasteiger partial charge in [0.15, 0.2) is 5.78 Å². The van der Waals surface area contributed by atoms with E-state index in [1.807, 2.05) is 0 Å². The lowest BCUT2D eigenvalue weighted by Crippen LogP contribution is -2.37. The summed E-state index contributed by atoms with van der Waals surface area (Å²) in [5, 5.41) is 13.2. The highest BCUT2D eigenvalue weighted by Gasteiger charge is 2.33. The number of hydrogen-bond acceptors (Lipinski definition) is 3. The van der Waals surface area contributed by atoms with E-state index in [4.69, 9.17) is 0 Å². The molecule has 4 heteroatoms. The van der Waals surface area contributed by atoms with Gasteiger partial charge in [0.05, 0.1) is 11.5 Å². The molecule has 3 aromatic rings. The number of nitriles is 1. The summed E-state index contributed by atoms with van der Waals surface area (Å²) < 4.78 is 13.3. The Labute approximate surface area is 259 Å². The predicted octanol–water partition coefficient (Wildman–Crippen LogP) is 10.4. The molecule has 0 bridgehead atoms. The zero-order chi connectivity index (χ0) is 30.3. The molecule has 4 rings (SSSR count). The number of piperidine rings is 1. The van der Waals surface area contributed by atoms with E-state index in [2.05, 4.69) is 60.4 Å². The second-order valence-electron chi connectivity index (χ2n) is 12.7. The summed E-state index contributed by atoms with van der Waals surface area (Å²) in [7, 11) is 0. The maximum absolute atomic E-state index is 13.3. The van der Waals surface area contributed by atoms with E-state index in [1.54, 1.807) is 12.1 Å². The monoisotopic (exact) mass is 582 g/mol. The molecule has 1 saturated heterocycles. The summed E-state index contributed by atoms with van der Waals surface area (Å²) in [5.41, 5.74) is 1.31. The van der Waals surface area contributed by atoms with Crippen molar-refractivity contribution >= 4 is 16.6 Å². The van der Waals surface area contributed by atoms with Gasteiger partial charge < -0.3 is 4.90 Å². The molecule has 1 aliphatic heterocycles. The van der Waals surface area contributed by atoms with E-state index in [9.17, 15) is 14.4 Å². The Balaban J connectivity index is 1.32. The summed E-state index contributed by atoms with van der Waals surface area (Å²) in [5.74, 6) is -0.168. The fourth-order valence-corrected chi connectivity index (χ4v) is 7.00. The van der Waals surface area contributed by atoms with Gasteiger partial charge in [0.25, 0.3) is 0 Å². The highest BCUT2D eigenvalue weighted by molar-refractivity contribution is 5.97. The van der Waals surface area contributed by atoms with Crippen LogP contribution in [0.1, 0.15) is 119 Å². The van der Waals surface area contributed by atoms with Crippen LogP contribution < -0.4 is 0 Å². The maximum atomic E-state index is 13.3. The molecular weight excluding hydrogens is 531 g/mol. The first-order valence-electron chi connectivity index (χ1n) is 17.0. The van der Waals surface area contributed by atoms with Crippen molar-refractivity contribution in [2.24, 2.45) is 5.92 Å². The highest BCUT2D eigenvalue weighted by atomic mass is 19.1. The Morgan fingerprint density at radius 3 is 2.09 bits per heavy atom. The van der Waals surface area contributed by atoms with Gasteiger partial charge in [-0.25, -0.2) is 4.39 Å². The average molecular weight is 583 g/mol. The number of rotatable bonds is 18. The Morgan fingerprint density at radius 2 is 1.42 bits per heavy atom. The van der Waals surface area contributed by atoms with Gasteiger partial charge >= 0.3 is 0 Å². The lowest BCUT2D eigenvalue weighted by atomic mass is 9.72. The molecule has 0 saturated carbocycles. The average Bonchev–Trinajstić information content (AvgIpc) is 3.05.